The van der Waals surface area contributed by atoms with E-state index in [4.69, 9.17) is 4.74 Å². The summed E-state index contributed by atoms with van der Waals surface area (Å²) in [6.45, 7) is 8.69. The minimum Gasteiger partial charge on any atom is -0.456 e. The van der Waals surface area contributed by atoms with E-state index in [1.165, 1.54) is 0 Å². The first kappa shape index (κ1) is 15.5. The molecule has 0 aliphatic carbocycles. The second kappa shape index (κ2) is 6.26. The van der Waals surface area contributed by atoms with Crippen LogP contribution < -0.4 is 10.2 Å². The molecule has 0 unspecified atom stereocenters. The smallest absolute Gasteiger partial charge is 0.340 e. The highest BCUT2D eigenvalue weighted by Gasteiger charge is 2.25. The van der Waals surface area contributed by atoms with Crippen molar-refractivity contribution in [2.75, 3.05) is 31.1 Å². The second-order valence-electron chi connectivity index (χ2n) is 6.10. The lowest BCUT2D eigenvalue weighted by Crippen LogP contribution is -2.44. The number of benzene rings is 1. The van der Waals surface area contributed by atoms with E-state index in [2.05, 4.69) is 10.2 Å². The first-order valence-corrected chi connectivity index (χ1v) is 7.19. The average molecular weight is 290 g/mol. The molecular formula is C16H22N2O3. The monoisotopic (exact) mass is 290 g/mol. The Morgan fingerprint density at radius 3 is 2.52 bits per heavy atom. The molecule has 1 aliphatic heterocycles. The van der Waals surface area contributed by atoms with E-state index in [0.717, 1.165) is 32.5 Å². The lowest BCUT2D eigenvalue weighted by molar-refractivity contribution is 0.00702. The number of piperazine rings is 1. The predicted molar refractivity (Wildman–Crippen MR) is 82.1 cm³/mol. The van der Waals surface area contributed by atoms with Crippen molar-refractivity contribution in [2.45, 2.75) is 26.4 Å². The SMILES string of the molecule is CC(C)(C)OC(=O)c1cccc(C=O)c1N1CCNCC1. The first-order valence-electron chi connectivity index (χ1n) is 7.19. The molecule has 5 nitrogen and oxygen atoms in total. The number of hydrogen-bond acceptors (Lipinski definition) is 5. The summed E-state index contributed by atoms with van der Waals surface area (Å²) in [5, 5.41) is 3.26. The molecular weight excluding hydrogens is 268 g/mol. The Kier molecular flexibility index (Phi) is 4.63. The highest BCUT2D eigenvalue weighted by Crippen LogP contribution is 2.27. The molecule has 1 heterocycles. The maximum atomic E-state index is 12.4. The van der Waals surface area contributed by atoms with Crippen molar-refractivity contribution in [3.63, 3.8) is 0 Å². The van der Waals surface area contributed by atoms with E-state index in [1.54, 1.807) is 18.2 Å². The van der Waals surface area contributed by atoms with E-state index >= 15 is 0 Å². The van der Waals surface area contributed by atoms with Crippen molar-refractivity contribution < 1.29 is 14.3 Å². The fourth-order valence-corrected chi connectivity index (χ4v) is 2.40. The van der Waals surface area contributed by atoms with E-state index in [0.29, 0.717) is 16.8 Å². The van der Waals surface area contributed by atoms with Crippen LogP contribution >= 0.6 is 0 Å². The zero-order valence-electron chi connectivity index (χ0n) is 12.8. The summed E-state index contributed by atoms with van der Waals surface area (Å²) in [7, 11) is 0. The van der Waals surface area contributed by atoms with E-state index in [1.807, 2.05) is 20.8 Å². The van der Waals surface area contributed by atoms with Gasteiger partial charge in [0.05, 0.1) is 11.3 Å². The number of rotatable bonds is 3. The molecule has 0 saturated carbocycles. The number of esters is 1. The summed E-state index contributed by atoms with van der Waals surface area (Å²) in [6, 6.07) is 5.17. The van der Waals surface area contributed by atoms with Gasteiger partial charge in [0.25, 0.3) is 0 Å². The molecule has 1 saturated heterocycles. The average Bonchev–Trinajstić information content (AvgIpc) is 2.45. The van der Waals surface area contributed by atoms with Crippen molar-refractivity contribution in [1.29, 1.82) is 0 Å². The molecule has 0 aromatic heterocycles. The fourth-order valence-electron chi connectivity index (χ4n) is 2.40. The summed E-state index contributed by atoms with van der Waals surface area (Å²) in [5.74, 6) is -0.389. The summed E-state index contributed by atoms with van der Waals surface area (Å²) in [4.78, 5) is 25.8. The van der Waals surface area contributed by atoms with Gasteiger partial charge in [0.15, 0.2) is 6.29 Å². The largest absolute Gasteiger partial charge is 0.456 e. The minimum absolute atomic E-state index is 0.389. The van der Waals surface area contributed by atoms with Crippen LogP contribution in [0.15, 0.2) is 18.2 Å². The zero-order valence-corrected chi connectivity index (χ0v) is 12.8. The van der Waals surface area contributed by atoms with E-state index in [9.17, 15) is 9.59 Å². The Bertz CT molecular complexity index is 529. The van der Waals surface area contributed by atoms with Gasteiger partial charge in [-0.1, -0.05) is 6.07 Å². The topological polar surface area (TPSA) is 58.6 Å². The van der Waals surface area contributed by atoms with Crippen LogP contribution in [-0.4, -0.2) is 44.0 Å². The van der Waals surface area contributed by atoms with Gasteiger partial charge in [-0.25, -0.2) is 4.79 Å². The molecule has 2 rings (SSSR count). The molecule has 0 amide bonds. The normalized spacial score (nSPS) is 15.7. The molecule has 1 fully saturated rings. The van der Waals surface area contributed by atoms with Crippen LogP contribution in [0.2, 0.25) is 0 Å². The lowest BCUT2D eigenvalue weighted by Gasteiger charge is -2.32. The second-order valence-corrected chi connectivity index (χ2v) is 6.10. The number of aldehydes is 1. The van der Waals surface area contributed by atoms with Crippen molar-refractivity contribution in [3.8, 4) is 0 Å². The molecule has 1 N–H and O–H groups in total. The third kappa shape index (κ3) is 3.82. The third-order valence-electron chi connectivity index (χ3n) is 3.25. The van der Waals surface area contributed by atoms with Crippen LogP contribution in [0.25, 0.3) is 0 Å². The molecule has 1 aliphatic rings. The predicted octanol–water partition coefficient (Wildman–Crippen LogP) is 1.86. The van der Waals surface area contributed by atoms with Gasteiger partial charge >= 0.3 is 5.97 Å². The number of carbonyl (C=O) groups excluding carboxylic acids is 2. The van der Waals surface area contributed by atoms with Crippen molar-refractivity contribution in [1.82, 2.24) is 5.32 Å². The number of anilines is 1. The van der Waals surface area contributed by atoms with Crippen LogP contribution in [-0.2, 0) is 4.74 Å². The molecule has 0 spiro atoms. The van der Waals surface area contributed by atoms with Gasteiger partial charge < -0.3 is 15.0 Å². The Hall–Kier alpha value is -1.88. The van der Waals surface area contributed by atoms with Gasteiger partial charge in [-0.3, -0.25) is 4.79 Å². The number of carbonyl (C=O) groups is 2. The highest BCUT2D eigenvalue weighted by atomic mass is 16.6. The zero-order chi connectivity index (χ0) is 15.5. The van der Waals surface area contributed by atoms with Gasteiger partial charge in [-0.05, 0) is 32.9 Å². The van der Waals surface area contributed by atoms with Crippen molar-refractivity contribution in [3.05, 3.63) is 29.3 Å². The Balaban J connectivity index is 2.40. The molecule has 0 bridgehead atoms. The molecule has 1 aromatic rings. The van der Waals surface area contributed by atoms with Gasteiger partial charge in [0.2, 0.25) is 0 Å². The molecule has 114 valence electrons. The van der Waals surface area contributed by atoms with Crippen molar-refractivity contribution >= 4 is 17.9 Å². The first-order chi connectivity index (χ1) is 9.92. The number of para-hydroxylation sites is 1. The van der Waals surface area contributed by atoms with Crippen molar-refractivity contribution in [2.24, 2.45) is 0 Å². The standard InChI is InChI=1S/C16H22N2O3/c1-16(2,3)21-15(20)13-6-4-5-12(11-19)14(13)18-9-7-17-8-10-18/h4-6,11,17H,7-10H2,1-3H3. The van der Waals surface area contributed by atoms with Crippen LogP contribution in [0.4, 0.5) is 5.69 Å². The maximum Gasteiger partial charge on any atom is 0.340 e. The molecule has 5 heteroatoms. The van der Waals surface area contributed by atoms with Gasteiger partial charge in [0.1, 0.15) is 5.60 Å². The maximum absolute atomic E-state index is 12.4. The summed E-state index contributed by atoms with van der Waals surface area (Å²) >= 11 is 0. The van der Waals surface area contributed by atoms with Gasteiger partial charge in [-0.2, -0.15) is 0 Å². The summed E-state index contributed by atoms with van der Waals surface area (Å²) < 4.78 is 5.46. The number of ether oxygens (including phenoxy) is 1. The summed E-state index contributed by atoms with van der Waals surface area (Å²) in [5.41, 5.74) is 1.11. The number of nitrogens with one attached hydrogen (secondary N) is 1. The van der Waals surface area contributed by atoms with Crippen LogP contribution in [0, 0.1) is 0 Å². The Morgan fingerprint density at radius 1 is 1.29 bits per heavy atom. The quantitative estimate of drug-likeness (QED) is 0.680. The molecule has 21 heavy (non-hydrogen) atoms. The summed E-state index contributed by atoms with van der Waals surface area (Å²) in [6.07, 6.45) is 0.797. The van der Waals surface area contributed by atoms with E-state index < -0.39 is 5.60 Å². The Morgan fingerprint density at radius 2 is 1.95 bits per heavy atom. The Labute approximate surface area is 125 Å². The van der Waals surface area contributed by atoms with E-state index in [-0.39, 0.29) is 5.97 Å². The minimum atomic E-state index is -0.561. The highest BCUT2D eigenvalue weighted by molar-refractivity contribution is 6.01. The fraction of sp³-hybridized carbons (Fsp3) is 0.500. The third-order valence-corrected chi connectivity index (χ3v) is 3.25. The molecule has 0 atom stereocenters. The van der Waals surface area contributed by atoms with Gasteiger partial charge in [0, 0.05) is 31.7 Å². The molecule has 1 aromatic carbocycles. The van der Waals surface area contributed by atoms with Crippen LogP contribution in [0.1, 0.15) is 41.5 Å². The number of nitrogens with zero attached hydrogens (tertiary/aromatic N) is 1. The van der Waals surface area contributed by atoms with Crippen LogP contribution in [0.5, 0.6) is 0 Å². The van der Waals surface area contributed by atoms with Gasteiger partial charge in [-0.15, -0.1) is 0 Å². The lowest BCUT2D eigenvalue weighted by atomic mass is 10.0. The van der Waals surface area contributed by atoms with Crippen LogP contribution in [0.3, 0.4) is 0 Å². The number of hydrogen-bond donors (Lipinski definition) is 1. The molecule has 0 radical (unpaired) electrons.